The number of hydrogen-bond acceptors (Lipinski definition) is 6. The van der Waals surface area contributed by atoms with Gasteiger partial charge in [0.1, 0.15) is 0 Å². The van der Waals surface area contributed by atoms with Crippen LogP contribution in [0.5, 0.6) is 0 Å². The number of aryl methyl sites for hydroxylation is 2. The van der Waals surface area contributed by atoms with E-state index in [0.717, 1.165) is 22.9 Å². The molecule has 2 heterocycles. The van der Waals surface area contributed by atoms with Crippen molar-refractivity contribution in [3.8, 4) is 5.69 Å². The zero-order valence-corrected chi connectivity index (χ0v) is 17.1. The lowest BCUT2D eigenvalue weighted by Crippen LogP contribution is -2.25. The normalized spacial score (nSPS) is 21.2. The van der Waals surface area contributed by atoms with Crippen LogP contribution in [0.25, 0.3) is 16.6 Å². The quantitative estimate of drug-likeness (QED) is 0.659. The molecule has 4 rings (SSSR count). The van der Waals surface area contributed by atoms with E-state index in [1.165, 1.54) is 4.57 Å². The number of fused-ring (bicyclic) bond motifs is 1. The smallest absolute Gasteiger partial charge is 0.266 e. The molecule has 0 aliphatic carbocycles. The number of rotatable bonds is 3. The highest BCUT2D eigenvalue weighted by Gasteiger charge is 2.38. The standard InChI is InChI=1S/C20H20N2O4S2/c1-12-7-8-14(9-13(12)2)22-19(24)15-5-3-4-6-16(15)21-20(22)27-18-11-28(25,26)10-17(18)23/h3-9,17-18,23H,10-11H2,1-2H3/t17-,18+/m0/s1. The van der Waals surface area contributed by atoms with E-state index in [0.29, 0.717) is 21.7 Å². The Bertz CT molecular complexity index is 1230. The minimum absolute atomic E-state index is 0.130. The van der Waals surface area contributed by atoms with E-state index < -0.39 is 21.2 Å². The fourth-order valence-electron chi connectivity index (χ4n) is 3.33. The maximum absolute atomic E-state index is 13.3. The topological polar surface area (TPSA) is 89.3 Å². The first-order valence-electron chi connectivity index (χ1n) is 8.90. The lowest BCUT2D eigenvalue weighted by Gasteiger charge is -2.17. The highest BCUT2D eigenvalue weighted by atomic mass is 32.2. The summed E-state index contributed by atoms with van der Waals surface area (Å²) in [6.45, 7) is 3.97. The summed E-state index contributed by atoms with van der Waals surface area (Å²) in [5.74, 6) is -0.388. The Kier molecular flexibility index (Phi) is 4.81. The Labute approximate surface area is 167 Å². The first-order chi connectivity index (χ1) is 13.2. The van der Waals surface area contributed by atoms with Crippen LogP contribution in [0.2, 0.25) is 0 Å². The maximum Gasteiger partial charge on any atom is 0.266 e. The summed E-state index contributed by atoms with van der Waals surface area (Å²) < 4.78 is 25.3. The molecule has 28 heavy (non-hydrogen) atoms. The molecule has 0 spiro atoms. The van der Waals surface area contributed by atoms with E-state index in [2.05, 4.69) is 4.98 Å². The Balaban J connectivity index is 1.91. The van der Waals surface area contributed by atoms with Gasteiger partial charge in [-0.2, -0.15) is 0 Å². The van der Waals surface area contributed by atoms with E-state index in [-0.39, 0.29) is 17.1 Å². The minimum atomic E-state index is -3.29. The van der Waals surface area contributed by atoms with Crippen LogP contribution in [-0.4, -0.2) is 45.9 Å². The molecule has 8 heteroatoms. The van der Waals surface area contributed by atoms with Gasteiger partial charge in [0.25, 0.3) is 5.56 Å². The fraction of sp³-hybridized carbons (Fsp3) is 0.300. The average molecular weight is 417 g/mol. The predicted molar refractivity (Wildman–Crippen MR) is 111 cm³/mol. The Morgan fingerprint density at radius 1 is 1.11 bits per heavy atom. The van der Waals surface area contributed by atoms with Gasteiger partial charge in [-0.1, -0.05) is 30.0 Å². The summed E-state index contributed by atoms with van der Waals surface area (Å²) in [5, 5.41) is 10.5. The van der Waals surface area contributed by atoms with Gasteiger partial charge in [-0.3, -0.25) is 9.36 Å². The molecule has 146 valence electrons. The molecule has 2 atom stereocenters. The van der Waals surface area contributed by atoms with Crippen LogP contribution in [-0.2, 0) is 9.84 Å². The van der Waals surface area contributed by atoms with Gasteiger partial charge in [0, 0.05) is 0 Å². The second-order valence-electron chi connectivity index (χ2n) is 7.12. The number of para-hydroxylation sites is 1. The summed E-state index contributed by atoms with van der Waals surface area (Å²) >= 11 is 1.14. The molecular weight excluding hydrogens is 396 g/mol. The molecule has 0 saturated carbocycles. The minimum Gasteiger partial charge on any atom is -0.391 e. The van der Waals surface area contributed by atoms with Crippen molar-refractivity contribution in [1.29, 1.82) is 0 Å². The van der Waals surface area contributed by atoms with Gasteiger partial charge in [-0.25, -0.2) is 13.4 Å². The largest absolute Gasteiger partial charge is 0.391 e. The number of thioether (sulfide) groups is 1. The molecule has 6 nitrogen and oxygen atoms in total. The van der Waals surface area contributed by atoms with Crippen molar-refractivity contribution in [1.82, 2.24) is 9.55 Å². The van der Waals surface area contributed by atoms with Gasteiger partial charge in [-0.15, -0.1) is 0 Å². The summed E-state index contributed by atoms with van der Waals surface area (Å²) in [7, 11) is -3.29. The summed E-state index contributed by atoms with van der Waals surface area (Å²) in [4.78, 5) is 17.9. The number of aliphatic hydroxyl groups excluding tert-OH is 1. The molecule has 3 aromatic rings. The van der Waals surface area contributed by atoms with Crippen LogP contribution in [0.1, 0.15) is 11.1 Å². The third kappa shape index (κ3) is 3.47. The molecule has 1 aromatic heterocycles. The SMILES string of the molecule is Cc1ccc(-n2c(S[C@@H]3CS(=O)(=O)C[C@@H]3O)nc3ccccc3c2=O)cc1C. The van der Waals surface area contributed by atoms with Gasteiger partial charge in [0.05, 0.1) is 39.4 Å². The second-order valence-corrected chi connectivity index (χ2v) is 10.5. The molecule has 2 aromatic carbocycles. The molecule has 0 radical (unpaired) electrons. The van der Waals surface area contributed by atoms with Crippen molar-refractivity contribution in [2.45, 2.75) is 30.4 Å². The zero-order chi connectivity index (χ0) is 20.1. The highest BCUT2D eigenvalue weighted by Crippen LogP contribution is 2.32. The maximum atomic E-state index is 13.3. The van der Waals surface area contributed by atoms with Crippen LogP contribution in [0, 0.1) is 13.8 Å². The fourth-order valence-corrected chi connectivity index (χ4v) is 6.92. The van der Waals surface area contributed by atoms with E-state index in [9.17, 15) is 18.3 Å². The Morgan fingerprint density at radius 3 is 2.54 bits per heavy atom. The van der Waals surface area contributed by atoms with E-state index in [1.807, 2.05) is 32.0 Å². The van der Waals surface area contributed by atoms with E-state index in [4.69, 9.17) is 0 Å². The summed E-state index contributed by atoms with van der Waals surface area (Å²) in [5.41, 5.74) is 3.15. The molecule has 1 aliphatic rings. The van der Waals surface area contributed by atoms with Gasteiger partial charge in [0.15, 0.2) is 15.0 Å². The van der Waals surface area contributed by atoms with Gasteiger partial charge < -0.3 is 5.11 Å². The van der Waals surface area contributed by atoms with E-state index >= 15 is 0 Å². The van der Waals surface area contributed by atoms with Crippen molar-refractivity contribution in [3.05, 3.63) is 63.9 Å². The van der Waals surface area contributed by atoms with Gasteiger partial charge >= 0.3 is 0 Å². The van der Waals surface area contributed by atoms with Gasteiger partial charge in [0.2, 0.25) is 0 Å². The van der Waals surface area contributed by atoms with Gasteiger partial charge in [-0.05, 0) is 49.2 Å². The first-order valence-corrected chi connectivity index (χ1v) is 11.6. The molecular formula is C20H20N2O4S2. The van der Waals surface area contributed by atoms with Crippen LogP contribution in [0.3, 0.4) is 0 Å². The Morgan fingerprint density at radius 2 is 1.86 bits per heavy atom. The average Bonchev–Trinajstić information content (AvgIpc) is 2.89. The molecule has 0 unspecified atom stereocenters. The van der Waals surface area contributed by atoms with Crippen molar-refractivity contribution in [2.24, 2.45) is 0 Å². The Hall–Kier alpha value is -2.16. The van der Waals surface area contributed by atoms with Crippen molar-refractivity contribution in [2.75, 3.05) is 11.5 Å². The molecule has 0 bridgehead atoms. The zero-order valence-electron chi connectivity index (χ0n) is 15.5. The number of hydrogen-bond donors (Lipinski definition) is 1. The lowest BCUT2D eigenvalue weighted by molar-refractivity contribution is 0.207. The molecule has 1 saturated heterocycles. The number of aromatic nitrogens is 2. The summed E-state index contributed by atoms with van der Waals surface area (Å²) in [6.07, 6.45) is -0.980. The second kappa shape index (κ2) is 7.02. The summed E-state index contributed by atoms with van der Waals surface area (Å²) in [6, 6.07) is 12.8. The van der Waals surface area contributed by atoms with Crippen LogP contribution >= 0.6 is 11.8 Å². The van der Waals surface area contributed by atoms with Crippen molar-refractivity contribution >= 4 is 32.5 Å². The predicted octanol–water partition coefficient (Wildman–Crippen LogP) is 2.25. The lowest BCUT2D eigenvalue weighted by atomic mass is 10.1. The van der Waals surface area contributed by atoms with Crippen LogP contribution < -0.4 is 5.56 Å². The molecule has 1 fully saturated rings. The first kappa shape index (κ1) is 19.2. The third-order valence-electron chi connectivity index (χ3n) is 5.02. The highest BCUT2D eigenvalue weighted by molar-refractivity contribution is 8.01. The molecule has 0 amide bonds. The third-order valence-corrected chi connectivity index (χ3v) is 8.22. The number of sulfone groups is 1. The number of nitrogens with zero attached hydrogens (tertiary/aromatic N) is 2. The molecule has 1 aliphatic heterocycles. The van der Waals surface area contributed by atoms with Crippen LogP contribution in [0.15, 0.2) is 52.4 Å². The molecule has 1 N–H and O–H groups in total. The monoisotopic (exact) mass is 416 g/mol. The van der Waals surface area contributed by atoms with Crippen molar-refractivity contribution in [3.63, 3.8) is 0 Å². The van der Waals surface area contributed by atoms with Crippen LogP contribution in [0.4, 0.5) is 0 Å². The number of benzene rings is 2. The van der Waals surface area contributed by atoms with E-state index in [1.54, 1.807) is 24.3 Å². The van der Waals surface area contributed by atoms with Crippen molar-refractivity contribution < 1.29 is 13.5 Å². The number of aliphatic hydroxyl groups is 1.